The first kappa shape index (κ1) is 14.5. The van der Waals surface area contributed by atoms with Gasteiger partial charge >= 0.3 is 0 Å². The van der Waals surface area contributed by atoms with Gasteiger partial charge in [-0.3, -0.25) is 4.79 Å². The molecule has 0 heterocycles. The molecule has 0 aliphatic heterocycles. The number of carbonyl (C=O) groups is 1. The molecule has 1 aromatic rings. The van der Waals surface area contributed by atoms with E-state index in [4.69, 9.17) is 10.5 Å². The van der Waals surface area contributed by atoms with Crippen molar-refractivity contribution in [2.45, 2.75) is 33.2 Å². The number of amides is 1. The maximum atomic E-state index is 11.5. The van der Waals surface area contributed by atoms with E-state index in [0.717, 1.165) is 17.5 Å². The molecule has 0 unspecified atom stereocenters. The highest BCUT2D eigenvalue weighted by molar-refractivity contribution is 5.77. The SMILES string of the molecule is CCCNC(=O)COc1ccc(C)cc1[C@H](C)N. The molecule has 1 rings (SSSR count). The second kappa shape index (κ2) is 7.01. The van der Waals surface area contributed by atoms with Gasteiger partial charge < -0.3 is 15.8 Å². The van der Waals surface area contributed by atoms with Gasteiger partial charge in [0.05, 0.1) is 0 Å². The quantitative estimate of drug-likeness (QED) is 0.810. The van der Waals surface area contributed by atoms with Gasteiger partial charge in [-0.2, -0.15) is 0 Å². The van der Waals surface area contributed by atoms with Crippen molar-refractivity contribution >= 4 is 5.91 Å². The van der Waals surface area contributed by atoms with Gasteiger partial charge in [0.1, 0.15) is 5.75 Å². The summed E-state index contributed by atoms with van der Waals surface area (Å²) in [6, 6.07) is 5.69. The number of hydrogen-bond acceptors (Lipinski definition) is 3. The molecule has 0 aliphatic carbocycles. The maximum Gasteiger partial charge on any atom is 0.257 e. The largest absolute Gasteiger partial charge is 0.483 e. The van der Waals surface area contributed by atoms with Crippen LogP contribution in [0.2, 0.25) is 0 Å². The minimum absolute atomic E-state index is 0.0305. The van der Waals surface area contributed by atoms with Gasteiger partial charge in [0.15, 0.2) is 6.61 Å². The summed E-state index contributed by atoms with van der Waals surface area (Å²) in [7, 11) is 0. The smallest absolute Gasteiger partial charge is 0.257 e. The Kier molecular flexibility index (Phi) is 5.65. The summed E-state index contributed by atoms with van der Waals surface area (Å²) in [5, 5.41) is 2.77. The van der Waals surface area contributed by atoms with Crippen molar-refractivity contribution < 1.29 is 9.53 Å². The fourth-order valence-corrected chi connectivity index (χ4v) is 1.61. The number of hydrogen-bond donors (Lipinski definition) is 2. The van der Waals surface area contributed by atoms with Gasteiger partial charge in [0.25, 0.3) is 5.91 Å². The molecule has 4 heteroatoms. The minimum atomic E-state index is -0.112. The van der Waals surface area contributed by atoms with E-state index >= 15 is 0 Å². The average molecular weight is 250 g/mol. The molecular formula is C14H22N2O2. The van der Waals surface area contributed by atoms with Crippen LogP contribution in [0.1, 0.15) is 37.4 Å². The zero-order valence-corrected chi connectivity index (χ0v) is 11.3. The number of nitrogens with one attached hydrogen (secondary N) is 1. The van der Waals surface area contributed by atoms with E-state index in [1.165, 1.54) is 0 Å². The van der Waals surface area contributed by atoms with Crippen molar-refractivity contribution in [3.8, 4) is 5.75 Å². The number of benzene rings is 1. The molecule has 1 amide bonds. The predicted octanol–water partition coefficient (Wildman–Crippen LogP) is 1.92. The van der Waals surface area contributed by atoms with Gasteiger partial charge in [0, 0.05) is 18.2 Å². The summed E-state index contributed by atoms with van der Waals surface area (Å²) in [5.74, 6) is 0.579. The third-order valence-corrected chi connectivity index (χ3v) is 2.59. The number of aryl methyl sites for hydroxylation is 1. The molecule has 0 spiro atoms. The molecule has 0 aliphatic rings. The molecule has 0 saturated carbocycles. The van der Waals surface area contributed by atoms with Crippen molar-refractivity contribution in [3.63, 3.8) is 0 Å². The molecule has 18 heavy (non-hydrogen) atoms. The topological polar surface area (TPSA) is 64.3 Å². The van der Waals surface area contributed by atoms with E-state index in [1.54, 1.807) is 0 Å². The van der Waals surface area contributed by atoms with Gasteiger partial charge in [-0.05, 0) is 26.3 Å². The number of carbonyl (C=O) groups excluding carboxylic acids is 1. The molecule has 0 bridgehead atoms. The van der Waals surface area contributed by atoms with Crippen molar-refractivity contribution in [2.24, 2.45) is 5.73 Å². The summed E-state index contributed by atoms with van der Waals surface area (Å²) in [4.78, 5) is 11.5. The Labute approximate surface area is 109 Å². The Hall–Kier alpha value is -1.55. The molecule has 0 aromatic heterocycles. The molecule has 0 fully saturated rings. The lowest BCUT2D eigenvalue weighted by molar-refractivity contribution is -0.123. The van der Waals surface area contributed by atoms with Crippen LogP contribution in [0.25, 0.3) is 0 Å². The molecule has 0 radical (unpaired) electrons. The molecular weight excluding hydrogens is 228 g/mol. The monoisotopic (exact) mass is 250 g/mol. The van der Waals surface area contributed by atoms with E-state index in [0.29, 0.717) is 12.3 Å². The zero-order valence-electron chi connectivity index (χ0n) is 11.3. The minimum Gasteiger partial charge on any atom is -0.483 e. The van der Waals surface area contributed by atoms with Crippen LogP contribution in [0.3, 0.4) is 0 Å². The highest BCUT2D eigenvalue weighted by atomic mass is 16.5. The van der Waals surface area contributed by atoms with Gasteiger partial charge in [-0.15, -0.1) is 0 Å². The van der Waals surface area contributed by atoms with E-state index in [-0.39, 0.29) is 18.6 Å². The molecule has 4 nitrogen and oxygen atoms in total. The third-order valence-electron chi connectivity index (χ3n) is 2.59. The van der Waals surface area contributed by atoms with Crippen LogP contribution in [-0.4, -0.2) is 19.1 Å². The van der Waals surface area contributed by atoms with Gasteiger partial charge in [0.2, 0.25) is 0 Å². The van der Waals surface area contributed by atoms with Crippen molar-refractivity contribution in [1.82, 2.24) is 5.32 Å². The summed E-state index contributed by atoms with van der Waals surface area (Å²) in [6.45, 7) is 6.62. The van der Waals surface area contributed by atoms with Gasteiger partial charge in [-0.1, -0.05) is 24.6 Å². The van der Waals surface area contributed by atoms with Crippen molar-refractivity contribution in [1.29, 1.82) is 0 Å². The second-order valence-electron chi connectivity index (χ2n) is 4.47. The lowest BCUT2D eigenvalue weighted by atomic mass is 10.1. The number of nitrogens with two attached hydrogens (primary N) is 1. The van der Waals surface area contributed by atoms with E-state index in [1.807, 2.05) is 39.0 Å². The van der Waals surface area contributed by atoms with Crippen LogP contribution in [0.5, 0.6) is 5.75 Å². The van der Waals surface area contributed by atoms with Crippen LogP contribution < -0.4 is 15.8 Å². The fraction of sp³-hybridized carbons (Fsp3) is 0.500. The standard InChI is InChI=1S/C14H22N2O2/c1-4-7-16-14(17)9-18-13-6-5-10(2)8-12(13)11(3)15/h5-6,8,11H,4,7,9,15H2,1-3H3,(H,16,17)/t11-/m0/s1. The normalized spacial score (nSPS) is 12.0. The van der Waals surface area contributed by atoms with Crippen molar-refractivity contribution in [3.05, 3.63) is 29.3 Å². The Morgan fingerprint density at radius 3 is 2.83 bits per heavy atom. The maximum absolute atomic E-state index is 11.5. The fourth-order valence-electron chi connectivity index (χ4n) is 1.61. The first-order valence-corrected chi connectivity index (χ1v) is 6.30. The molecule has 1 atom stereocenters. The summed E-state index contributed by atoms with van der Waals surface area (Å²) in [5.41, 5.74) is 7.95. The van der Waals surface area contributed by atoms with Gasteiger partial charge in [-0.25, -0.2) is 0 Å². The summed E-state index contributed by atoms with van der Waals surface area (Å²) >= 11 is 0. The Bertz CT molecular complexity index is 403. The molecule has 0 saturated heterocycles. The van der Waals surface area contributed by atoms with Crippen LogP contribution in [0.4, 0.5) is 0 Å². The van der Waals surface area contributed by atoms with Crippen LogP contribution in [0, 0.1) is 6.92 Å². The van der Waals surface area contributed by atoms with Crippen LogP contribution in [0.15, 0.2) is 18.2 Å². The first-order valence-electron chi connectivity index (χ1n) is 6.30. The molecule has 100 valence electrons. The Morgan fingerprint density at radius 2 is 2.22 bits per heavy atom. The predicted molar refractivity (Wildman–Crippen MR) is 72.6 cm³/mol. The number of rotatable bonds is 6. The van der Waals surface area contributed by atoms with E-state index < -0.39 is 0 Å². The van der Waals surface area contributed by atoms with Crippen molar-refractivity contribution in [2.75, 3.05) is 13.2 Å². The van der Waals surface area contributed by atoms with E-state index in [9.17, 15) is 4.79 Å². The van der Waals surface area contributed by atoms with Crippen LogP contribution >= 0.6 is 0 Å². The Balaban J connectivity index is 2.64. The highest BCUT2D eigenvalue weighted by Crippen LogP contribution is 2.24. The summed E-state index contributed by atoms with van der Waals surface area (Å²) in [6.07, 6.45) is 0.918. The lowest BCUT2D eigenvalue weighted by Crippen LogP contribution is -2.29. The third kappa shape index (κ3) is 4.37. The average Bonchev–Trinajstić information content (AvgIpc) is 2.34. The van der Waals surface area contributed by atoms with E-state index in [2.05, 4.69) is 5.32 Å². The highest BCUT2D eigenvalue weighted by Gasteiger charge is 2.10. The van der Waals surface area contributed by atoms with Crippen LogP contribution in [-0.2, 0) is 4.79 Å². The summed E-state index contributed by atoms with van der Waals surface area (Å²) < 4.78 is 5.52. The second-order valence-corrected chi connectivity index (χ2v) is 4.47. The number of ether oxygens (including phenoxy) is 1. The lowest BCUT2D eigenvalue weighted by Gasteiger charge is -2.14. The molecule has 1 aromatic carbocycles. The molecule has 3 N–H and O–H groups in total. The zero-order chi connectivity index (χ0) is 13.5. The Morgan fingerprint density at radius 1 is 1.50 bits per heavy atom. The first-order chi connectivity index (χ1) is 8.54.